The second-order valence-electron chi connectivity index (χ2n) is 4.10. The summed E-state index contributed by atoms with van der Waals surface area (Å²) in [6, 6.07) is 8.72. The molecule has 0 aromatic heterocycles. The van der Waals surface area contributed by atoms with Crippen molar-refractivity contribution in [3.05, 3.63) is 24.3 Å². The first-order valence-corrected chi connectivity index (χ1v) is 6.09. The number of hydrogen-bond acceptors (Lipinski definition) is 3. The van der Waals surface area contributed by atoms with Crippen LogP contribution < -0.4 is 15.4 Å². The molecule has 2 rings (SSSR count). The molecule has 3 nitrogen and oxygen atoms in total. The fraction of sp³-hybridized carbons (Fsp3) is 0.538. The molecule has 1 aliphatic heterocycles. The first-order chi connectivity index (χ1) is 7.90. The lowest BCUT2D eigenvalue weighted by Gasteiger charge is -2.15. The normalized spacial score (nSPS) is 19.7. The Bertz CT molecular complexity index is 321. The predicted molar refractivity (Wildman–Crippen MR) is 67.1 cm³/mol. The second kappa shape index (κ2) is 5.75. The number of benzene rings is 1. The zero-order chi connectivity index (χ0) is 11.2. The third kappa shape index (κ3) is 2.89. The van der Waals surface area contributed by atoms with E-state index in [4.69, 9.17) is 4.74 Å². The van der Waals surface area contributed by atoms with Gasteiger partial charge in [-0.1, -0.05) is 12.1 Å². The van der Waals surface area contributed by atoms with E-state index in [1.807, 2.05) is 25.1 Å². The Hall–Kier alpha value is -1.22. The second-order valence-corrected chi connectivity index (χ2v) is 4.10. The Morgan fingerprint density at radius 3 is 3.06 bits per heavy atom. The van der Waals surface area contributed by atoms with E-state index < -0.39 is 0 Å². The highest BCUT2D eigenvalue weighted by atomic mass is 16.5. The summed E-state index contributed by atoms with van der Waals surface area (Å²) in [5.41, 5.74) is 1.10. The van der Waals surface area contributed by atoms with E-state index in [2.05, 4.69) is 16.7 Å². The van der Waals surface area contributed by atoms with Crippen LogP contribution in [0.4, 0.5) is 5.69 Å². The Balaban J connectivity index is 1.91. The first-order valence-electron chi connectivity index (χ1n) is 6.09. The molecule has 2 N–H and O–H groups in total. The SMILES string of the molecule is CCOc1ccccc1NCC1CCCN1. The summed E-state index contributed by atoms with van der Waals surface area (Å²) in [5, 5.41) is 6.93. The van der Waals surface area contributed by atoms with Crippen molar-refractivity contribution in [2.75, 3.05) is 25.0 Å². The van der Waals surface area contributed by atoms with Gasteiger partial charge in [-0.25, -0.2) is 0 Å². The lowest BCUT2D eigenvalue weighted by atomic mass is 10.2. The summed E-state index contributed by atoms with van der Waals surface area (Å²) < 4.78 is 5.57. The molecular weight excluding hydrogens is 200 g/mol. The fourth-order valence-corrected chi connectivity index (χ4v) is 2.06. The van der Waals surface area contributed by atoms with Crippen molar-refractivity contribution < 1.29 is 4.74 Å². The Morgan fingerprint density at radius 1 is 1.44 bits per heavy atom. The highest BCUT2D eigenvalue weighted by Crippen LogP contribution is 2.23. The molecule has 1 unspecified atom stereocenters. The van der Waals surface area contributed by atoms with Crippen molar-refractivity contribution in [2.24, 2.45) is 0 Å². The Morgan fingerprint density at radius 2 is 2.31 bits per heavy atom. The standard InChI is InChI=1S/C13H20N2O/c1-2-16-13-8-4-3-7-12(13)15-10-11-6-5-9-14-11/h3-4,7-8,11,14-15H,2,5-6,9-10H2,1H3. The van der Waals surface area contributed by atoms with Gasteiger partial charge in [-0.15, -0.1) is 0 Å². The van der Waals surface area contributed by atoms with Gasteiger partial charge in [-0.2, -0.15) is 0 Å². The maximum atomic E-state index is 5.57. The molecule has 1 saturated heterocycles. The van der Waals surface area contributed by atoms with Crippen LogP contribution in [0, 0.1) is 0 Å². The van der Waals surface area contributed by atoms with Gasteiger partial charge in [0.05, 0.1) is 12.3 Å². The van der Waals surface area contributed by atoms with Gasteiger partial charge >= 0.3 is 0 Å². The van der Waals surface area contributed by atoms with Crippen molar-refractivity contribution in [3.8, 4) is 5.75 Å². The van der Waals surface area contributed by atoms with Gasteiger partial charge in [0.2, 0.25) is 0 Å². The minimum absolute atomic E-state index is 0.606. The van der Waals surface area contributed by atoms with Crippen LogP contribution in [-0.2, 0) is 0 Å². The minimum atomic E-state index is 0.606. The van der Waals surface area contributed by atoms with Crippen LogP contribution in [0.2, 0.25) is 0 Å². The molecule has 3 heteroatoms. The number of nitrogens with one attached hydrogen (secondary N) is 2. The molecule has 0 radical (unpaired) electrons. The van der Waals surface area contributed by atoms with E-state index in [-0.39, 0.29) is 0 Å². The summed E-state index contributed by atoms with van der Waals surface area (Å²) in [5.74, 6) is 0.947. The number of hydrogen-bond donors (Lipinski definition) is 2. The predicted octanol–water partition coefficient (Wildman–Crippen LogP) is 2.25. The van der Waals surface area contributed by atoms with Gasteiger partial charge < -0.3 is 15.4 Å². The van der Waals surface area contributed by atoms with Crippen molar-refractivity contribution in [1.82, 2.24) is 5.32 Å². The zero-order valence-corrected chi connectivity index (χ0v) is 9.83. The maximum absolute atomic E-state index is 5.57. The summed E-state index contributed by atoms with van der Waals surface area (Å²) in [7, 11) is 0. The van der Waals surface area contributed by atoms with E-state index in [0.29, 0.717) is 12.6 Å². The number of ether oxygens (including phenoxy) is 1. The fourth-order valence-electron chi connectivity index (χ4n) is 2.06. The Labute approximate surface area is 97.2 Å². The molecule has 1 atom stereocenters. The van der Waals surface area contributed by atoms with Crippen LogP contribution in [0.15, 0.2) is 24.3 Å². The van der Waals surface area contributed by atoms with E-state index in [1.54, 1.807) is 0 Å². The molecule has 1 aliphatic rings. The zero-order valence-electron chi connectivity index (χ0n) is 9.83. The average molecular weight is 220 g/mol. The number of para-hydroxylation sites is 2. The molecule has 0 spiro atoms. The summed E-state index contributed by atoms with van der Waals surface area (Å²) >= 11 is 0. The topological polar surface area (TPSA) is 33.3 Å². The van der Waals surface area contributed by atoms with Gasteiger partial charge in [-0.3, -0.25) is 0 Å². The highest BCUT2D eigenvalue weighted by Gasteiger charge is 2.13. The third-order valence-electron chi connectivity index (χ3n) is 2.89. The molecule has 0 amide bonds. The highest BCUT2D eigenvalue weighted by molar-refractivity contribution is 5.56. The van der Waals surface area contributed by atoms with Crippen LogP contribution in [0.1, 0.15) is 19.8 Å². The van der Waals surface area contributed by atoms with Crippen molar-refractivity contribution in [2.45, 2.75) is 25.8 Å². The molecule has 1 aromatic carbocycles. The van der Waals surface area contributed by atoms with Crippen molar-refractivity contribution in [3.63, 3.8) is 0 Å². The van der Waals surface area contributed by atoms with E-state index in [0.717, 1.165) is 24.5 Å². The monoisotopic (exact) mass is 220 g/mol. The molecule has 0 saturated carbocycles. The van der Waals surface area contributed by atoms with Crippen LogP contribution in [-0.4, -0.2) is 25.7 Å². The maximum Gasteiger partial charge on any atom is 0.142 e. The average Bonchev–Trinajstić information content (AvgIpc) is 2.81. The lowest BCUT2D eigenvalue weighted by molar-refractivity contribution is 0.341. The van der Waals surface area contributed by atoms with Gasteiger partial charge in [0.25, 0.3) is 0 Å². The smallest absolute Gasteiger partial charge is 0.142 e. The van der Waals surface area contributed by atoms with Gasteiger partial charge in [0.1, 0.15) is 5.75 Å². The summed E-state index contributed by atoms with van der Waals surface area (Å²) in [4.78, 5) is 0. The van der Waals surface area contributed by atoms with Crippen molar-refractivity contribution >= 4 is 5.69 Å². The molecule has 16 heavy (non-hydrogen) atoms. The molecule has 1 fully saturated rings. The van der Waals surface area contributed by atoms with E-state index in [9.17, 15) is 0 Å². The molecule has 1 heterocycles. The minimum Gasteiger partial charge on any atom is -0.492 e. The molecular formula is C13H20N2O. The quantitative estimate of drug-likeness (QED) is 0.798. The van der Waals surface area contributed by atoms with Gasteiger partial charge in [-0.05, 0) is 38.4 Å². The van der Waals surface area contributed by atoms with Crippen LogP contribution in [0.3, 0.4) is 0 Å². The van der Waals surface area contributed by atoms with Crippen LogP contribution in [0.25, 0.3) is 0 Å². The van der Waals surface area contributed by atoms with Crippen molar-refractivity contribution in [1.29, 1.82) is 0 Å². The number of rotatable bonds is 5. The largest absolute Gasteiger partial charge is 0.492 e. The molecule has 0 aliphatic carbocycles. The first kappa shape index (κ1) is 11.3. The number of anilines is 1. The Kier molecular flexibility index (Phi) is 4.05. The van der Waals surface area contributed by atoms with E-state index >= 15 is 0 Å². The summed E-state index contributed by atoms with van der Waals surface area (Å²) in [6.45, 7) is 4.85. The molecule has 0 bridgehead atoms. The van der Waals surface area contributed by atoms with Crippen LogP contribution in [0.5, 0.6) is 5.75 Å². The van der Waals surface area contributed by atoms with Gasteiger partial charge in [0, 0.05) is 12.6 Å². The molecule has 1 aromatic rings. The molecule has 88 valence electrons. The van der Waals surface area contributed by atoms with E-state index in [1.165, 1.54) is 12.8 Å². The third-order valence-corrected chi connectivity index (χ3v) is 2.89. The lowest BCUT2D eigenvalue weighted by Crippen LogP contribution is -2.29. The van der Waals surface area contributed by atoms with Gasteiger partial charge in [0.15, 0.2) is 0 Å². The summed E-state index contributed by atoms with van der Waals surface area (Å²) in [6.07, 6.45) is 2.56. The van der Waals surface area contributed by atoms with Crippen LogP contribution >= 0.6 is 0 Å².